The van der Waals surface area contributed by atoms with E-state index in [0.717, 1.165) is 0 Å². The first-order valence-electron chi connectivity index (χ1n) is 12.7. The summed E-state index contributed by atoms with van der Waals surface area (Å²) in [6.07, 6.45) is 3.97. The number of fused-ring (bicyclic) bond motifs is 5. The van der Waals surface area contributed by atoms with E-state index >= 15 is 0 Å². The normalized spacial score (nSPS) is 54.7. The molecule has 0 bridgehead atoms. The maximum absolute atomic E-state index is 12.5. The van der Waals surface area contributed by atoms with E-state index in [9.17, 15) is 11.0 Å². The Hall–Kier alpha value is -1.56. The summed E-state index contributed by atoms with van der Waals surface area (Å²) in [7, 11) is 0. The van der Waals surface area contributed by atoms with Crippen molar-refractivity contribution in [3.8, 4) is 12.3 Å². The number of rotatable bonds is 2. The Bertz CT molecular complexity index is 952. The Morgan fingerprint density at radius 3 is 2.88 bits per heavy atom. The predicted octanol–water partition coefficient (Wildman–Crippen LogP) is 4.45. The smallest absolute Gasteiger partial charge is 0.304 e. The number of ether oxygens (including phenoxy) is 1. The number of ketones is 1. The summed E-state index contributed by atoms with van der Waals surface area (Å²) in [5, 5.41) is 0. The second-order valence-electron chi connectivity index (χ2n) is 8.12. The van der Waals surface area contributed by atoms with Crippen LogP contribution in [0, 0.1) is 41.4 Å². The van der Waals surface area contributed by atoms with E-state index in [-0.39, 0.29) is 29.7 Å². The number of carbonyl (C=O) groups excluding carboxylic acids is 2. The van der Waals surface area contributed by atoms with E-state index in [2.05, 4.69) is 5.92 Å². The van der Waals surface area contributed by atoms with Crippen molar-refractivity contribution in [1.29, 1.82) is 0 Å². The molecule has 0 amide bonds. The SMILES string of the molecule is [2H]C1=C2C([2H])([2H])C[C@H]3[C@@H]4CC[C@](C#C)(OC(C)=O)[C@@]4(CC)CC[C@@H]3[C@@]2([2H])CC([2H])([2H])C1=O. The quantitative estimate of drug-likeness (QED) is 0.540. The van der Waals surface area contributed by atoms with Crippen LogP contribution in [0.2, 0.25) is 0 Å². The van der Waals surface area contributed by atoms with Gasteiger partial charge in [0.1, 0.15) is 0 Å². The van der Waals surface area contributed by atoms with Gasteiger partial charge >= 0.3 is 5.97 Å². The molecule has 0 N–H and O–H groups in total. The first-order valence-corrected chi connectivity index (χ1v) is 9.65. The van der Waals surface area contributed by atoms with Gasteiger partial charge in [0, 0.05) is 25.6 Å². The second kappa shape index (κ2) is 6.25. The van der Waals surface area contributed by atoms with Gasteiger partial charge < -0.3 is 4.74 Å². The third-order valence-corrected chi connectivity index (χ3v) is 7.40. The molecular weight excluding hydrogens is 324 g/mol. The van der Waals surface area contributed by atoms with Crippen molar-refractivity contribution >= 4 is 11.8 Å². The minimum Gasteiger partial charge on any atom is -0.445 e. The van der Waals surface area contributed by atoms with Gasteiger partial charge in [-0.3, -0.25) is 9.59 Å². The standard InChI is InChI=1S/C23H30O3/c1-4-22-12-10-19-18-9-7-17(25)14-16(18)6-8-20(19)21(22)11-13-23(22,5-2)26-15(3)24/h2,14,18-21H,4,6-13H2,1,3H3/t18-,19+,20+,21-,22-,23-/m0/s1/i6D2,7D2,14D,18D. The number of hydrogen-bond donors (Lipinski definition) is 0. The fraction of sp³-hybridized carbons (Fsp3) is 0.739. The molecule has 140 valence electrons. The number of allylic oxidation sites excluding steroid dienone is 1. The molecule has 3 fully saturated rings. The summed E-state index contributed by atoms with van der Waals surface area (Å²) >= 11 is 0. The monoisotopic (exact) mass is 360 g/mol. The number of esters is 1. The van der Waals surface area contributed by atoms with E-state index in [4.69, 9.17) is 18.0 Å². The maximum atomic E-state index is 12.5. The molecule has 0 unspecified atom stereocenters. The lowest BCUT2D eigenvalue weighted by Gasteiger charge is -2.56. The minimum absolute atomic E-state index is 0.0550. The maximum Gasteiger partial charge on any atom is 0.304 e. The van der Waals surface area contributed by atoms with Gasteiger partial charge in [0.15, 0.2) is 11.4 Å². The van der Waals surface area contributed by atoms with Crippen LogP contribution in [0.1, 0.15) is 79.8 Å². The van der Waals surface area contributed by atoms with Crippen LogP contribution in [0.15, 0.2) is 11.6 Å². The van der Waals surface area contributed by atoms with Crippen molar-refractivity contribution in [2.45, 2.75) is 77.1 Å². The van der Waals surface area contributed by atoms with E-state index in [1.807, 2.05) is 6.92 Å². The highest BCUT2D eigenvalue weighted by molar-refractivity contribution is 5.91. The Labute approximate surface area is 165 Å². The molecule has 0 saturated heterocycles. The Morgan fingerprint density at radius 1 is 1.38 bits per heavy atom. The summed E-state index contributed by atoms with van der Waals surface area (Å²) in [5.74, 6) is -1.11. The molecule has 0 aromatic heterocycles. The van der Waals surface area contributed by atoms with Crippen molar-refractivity contribution in [2.24, 2.45) is 29.1 Å². The van der Waals surface area contributed by atoms with Crippen LogP contribution >= 0.6 is 0 Å². The third kappa shape index (κ3) is 2.34. The molecule has 4 aliphatic rings. The molecule has 0 radical (unpaired) electrons. The van der Waals surface area contributed by atoms with Gasteiger partial charge in [-0.1, -0.05) is 18.4 Å². The summed E-state index contributed by atoms with van der Waals surface area (Å²) in [5.41, 5.74) is -1.76. The molecule has 26 heavy (non-hydrogen) atoms. The topological polar surface area (TPSA) is 43.4 Å². The van der Waals surface area contributed by atoms with Gasteiger partial charge in [-0.25, -0.2) is 0 Å². The molecule has 4 aliphatic carbocycles. The molecule has 0 aliphatic heterocycles. The lowest BCUT2D eigenvalue weighted by atomic mass is 9.49. The molecule has 0 spiro atoms. The van der Waals surface area contributed by atoms with Crippen LogP contribution in [0.3, 0.4) is 0 Å². The van der Waals surface area contributed by atoms with Crippen molar-refractivity contribution < 1.29 is 22.6 Å². The fourth-order valence-corrected chi connectivity index (χ4v) is 6.38. The highest BCUT2D eigenvalue weighted by atomic mass is 16.6. The second-order valence-corrected chi connectivity index (χ2v) is 8.12. The van der Waals surface area contributed by atoms with Crippen LogP contribution < -0.4 is 0 Å². The molecule has 0 aromatic rings. The van der Waals surface area contributed by atoms with Gasteiger partial charge in [-0.05, 0) is 81.0 Å². The number of hydrogen-bond acceptors (Lipinski definition) is 3. The Morgan fingerprint density at radius 2 is 2.19 bits per heavy atom. The zero-order chi connectivity index (χ0) is 23.9. The Kier molecular flexibility index (Phi) is 2.89. The van der Waals surface area contributed by atoms with Gasteiger partial charge in [0.05, 0.1) is 1.37 Å². The molecule has 6 atom stereocenters. The van der Waals surface area contributed by atoms with E-state index in [1.165, 1.54) is 6.92 Å². The summed E-state index contributed by atoms with van der Waals surface area (Å²) in [6, 6.07) is -0.670. The van der Waals surface area contributed by atoms with E-state index in [1.54, 1.807) is 0 Å². The van der Waals surface area contributed by atoms with Crippen LogP contribution in [0.5, 0.6) is 0 Å². The van der Waals surface area contributed by atoms with Crippen LogP contribution in [0.4, 0.5) is 0 Å². The first-order chi connectivity index (χ1) is 14.7. The van der Waals surface area contributed by atoms with Crippen LogP contribution in [-0.4, -0.2) is 17.4 Å². The largest absolute Gasteiger partial charge is 0.445 e. The lowest BCUT2D eigenvalue weighted by molar-refractivity contribution is -0.170. The zero-order valence-corrected chi connectivity index (χ0v) is 15.5. The molecule has 0 aromatic carbocycles. The lowest BCUT2D eigenvalue weighted by Crippen LogP contribution is -2.55. The molecule has 3 saturated carbocycles. The van der Waals surface area contributed by atoms with Crippen LogP contribution in [0.25, 0.3) is 0 Å². The molecule has 4 rings (SSSR count). The van der Waals surface area contributed by atoms with Gasteiger partial charge in [0.2, 0.25) is 0 Å². The highest BCUT2D eigenvalue weighted by Crippen LogP contribution is 2.67. The van der Waals surface area contributed by atoms with E-state index in [0.29, 0.717) is 32.1 Å². The minimum atomic E-state index is -2.37. The number of terminal acetylenes is 1. The average molecular weight is 361 g/mol. The first kappa shape index (κ1) is 12.0. The van der Waals surface area contributed by atoms with Crippen molar-refractivity contribution in [3.63, 3.8) is 0 Å². The molecule has 3 heteroatoms. The third-order valence-electron chi connectivity index (χ3n) is 7.40. The van der Waals surface area contributed by atoms with Crippen molar-refractivity contribution in [2.75, 3.05) is 0 Å². The zero-order valence-electron chi connectivity index (χ0n) is 21.5. The van der Waals surface area contributed by atoms with Gasteiger partial charge in [-0.2, -0.15) is 0 Å². The number of carbonyl (C=O) groups is 2. The van der Waals surface area contributed by atoms with Crippen molar-refractivity contribution in [1.82, 2.24) is 0 Å². The van der Waals surface area contributed by atoms with Gasteiger partial charge in [0.25, 0.3) is 0 Å². The predicted molar refractivity (Wildman–Crippen MR) is 100 cm³/mol. The average Bonchev–Trinajstić information content (AvgIpc) is 2.99. The Balaban J connectivity index is 1.84. The van der Waals surface area contributed by atoms with Gasteiger partial charge in [-0.15, -0.1) is 6.42 Å². The summed E-state index contributed by atoms with van der Waals surface area (Å²) in [4.78, 5) is 24.4. The fourth-order valence-electron chi connectivity index (χ4n) is 6.38. The molecular formula is C23H30O3. The van der Waals surface area contributed by atoms with Crippen molar-refractivity contribution in [3.05, 3.63) is 11.6 Å². The van der Waals surface area contributed by atoms with E-state index < -0.39 is 53.9 Å². The molecule has 0 heterocycles. The van der Waals surface area contributed by atoms with Crippen LogP contribution in [-0.2, 0) is 14.3 Å². The summed E-state index contributed by atoms with van der Waals surface area (Å²) < 4.78 is 57.2. The summed E-state index contributed by atoms with van der Waals surface area (Å²) in [6.45, 7) is 3.35. The highest BCUT2D eigenvalue weighted by Gasteiger charge is 2.65. The molecule has 3 nitrogen and oxygen atoms in total.